The van der Waals surface area contributed by atoms with Gasteiger partial charge in [0.25, 0.3) is 0 Å². The number of rotatable bonds is 4. The summed E-state index contributed by atoms with van der Waals surface area (Å²) in [7, 11) is 0. The Kier molecular flexibility index (Phi) is 3.22. The zero-order valence-electron chi connectivity index (χ0n) is 10.8. The van der Waals surface area contributed by atoms with E-state index in [0.29, 0.717) is 12.1 Å². The lowest BCUT2D eigenvalue weighted by molar-refractivity contribution is -0.117. The van der Waals surface area contributed by atoms with Crippen LogP contribution in [0.2, 0.25) is 0 Å². The van der Waals surface area contributed by atoms with Gasteiger partial charge in [0, 0.05) is 23.3 Å². The van der Waals surface area contributed by atoms with E-state index in [2.05, 4.69) is 20.5 Å². The molecule has 3 rings (SSSR count). The second kappa shape index (κ2) is 5.18. The maximum absolute atomic E-state index is 12.0. The summed E-state index contributed by atoms with van der Waals surface area (Å²) in [6, 6.07) is 7.34. The summed E-state index contributed by atoms with van der Waals surface area (Å²) < 4.78 is 0. The van der Waals surface area contributed by atoms with Crippen molar-refractivity contribution < 1.29 is 4.79 Å². The van der Waals surface area contributed by atoms with Gasteiger partial charge in [-0.15, -0.1) is 0 Å². The van der Waals surface area contributed by atoms with Crippen LogP contribution in [0, 0.1) is 0 Å². The molecule has 2 heterocycles. The lowest BCUT2D eigenvalue weighted by Crippen LogP contribution is -2.37. The van der Waals surface area contributed by atoms with E-state index in [-0.39, 0.29) is 5.91 Å². The van der Waals surface area contributed by atoms with Crippen molar-refractivity contribution >= 4 is 22.5 Å². The number of anilines is 1. The van der Waals surface area contributed by atoms with Gasteiger partial charge in [-0.1, -0.05) is 18.2 Å². The number of amides is 1. The Morgan fingerprint density at radius 2 is 2.20 bits per heavy atom. The van der Waals surface area contributed by atoms with Crippen molar-refractivity contribution in [3.8, 4) is 0 Å². The van der Waals surface area contributed by atoms with Crippen LogP contribution in [0.4, 0.5) is 5.69 Å². The number of carbonyl (C=O) groups is 1. The first-order chi connectivity index (χ1) is 9.74. The molecule has 1 aromatic carbocycles. The molecule has 1 atom stereocenters. The smallest absolute Gasteiger partial charge is 0.241 e. The molecule has 0 bridgehead atoms. The Morgan fingerprint density at radius 1 is 1.35 bits per heavy atom. The van der Waals surface area contributed by atoms with E-state index >= 15 is 0 Å². The number of aromatic amines is 2. The number of fused-ring (bicyclic) bond motifs is 1. The van der Waals surface area contributed by atoms with Gasteiger partial charge in [-0.25, -0.2) is 0 Å². The van der Waals surface area contributed by atoms with Gasteiger partial charge in [0.2, 0.25) is 5.91 Å². The molecule has 3 aromatic rings. The van der Waals surface area contributed by atoms with Crippen LogP contribution >= 0.6 is 0 Å². The van der Waals surface area contributed by atoms with Crippen LogP contribution < -0.4 is 11.1 Å². The maximum Gasteiger partial charge on any atom is 0.241 e. The standard InChI is InChI=1S/C14H15N5O/c15-12(14(20)19-10-7-17-18-8-10)5-9-6-16-13-4-2-1-3-11(9)13/h1-4,6-8,12,16H,5,15H2,(H,17,18)(H,19,20). The molecule has 0 saturated heterocycles. The van der Waals surface area contributed by atoms with Gasteiger partial charge in [-0.3, -0.25) is 9.89 Å². The summed E-state index contributed by atoms with van der Waals surface area (Å²) in [4.78, 5) is 15.2. The zero-order chi connectivity index (χ0) is 13.9. The fraction of sp³-hybridized carbons (Fsp3) is 0.143. The summed E-state index contributed by atoms with van der Waals surface area (Å²) in [6.45, 7) is 0. The first kappa shape index (κ1) is 12.4. The normalized spacial score (nSPS) is 12.4. The Hall–Kier alpha value is -2.60. The van der Waals surface area contributed by atoms with Crippen LogP contribution in [0.5, 0.6) is 0 Å². The zero-order valence-corrected chi connectivity index (χ0v) is 10.8. The fourth-order valence-corrected chi connectivity index (χ4v) is 2.18. The summed E-state index contributed by atoms with van der Waals surface area (Å²) in [6.07, 6.45) is 5.52. The van der Waals surface area contributed by atoms with Gasteiger partial charge < -0.3 is 16.0 Å². The number of hydrogen-bond donors (Lipinski definition) is 4. The predicted molar refractivity (Wildman–Crippen MR) is 77.2 cm³/mol. The first-order valence-corrected chi connectivity index (χ1v) is 6.34. The molecule has 0 spiro atoms. The monoisotopic (exact) mass is 269 g/mol. The maximum atomic E-state index is 12.0. The van der Waals surface area contributed by atoms with Crippen LogP contribution in [-0.4, -0.2) is 27.1 Å². The third-order valence-corrected chi connectivity index (χ3v) is 3.22. The minimum Gasteiger partial charge on any atom is -0.361 e. The molecule has 1 unspecified atom stereocenters. The molecule has 5 N–H and O–H groups in total. The van der Waals surface area contributed by atoms with E-state index < -0.39 is 6.04 Å². The number of aromatic nitrogens is 3. The predicted octanol–water partition coefficient (Wildman–Crippen LogP) is 1.40. The number of para-hydroxylation sites is 1. The summed E-state index contributed by atoms with van der Waals surface area (Å²) >= 11 is 0. The Labute approximate surface area is 115 Å². The molecule has 102 valence electrons. The minimum absolute atomic E-state index is 0.225. The molecule has 0 aliphatic rings. The topological polar surface area (TPSA) is 99.6 Å². The number of benzene rings is 1. The first-order valence-electron chi connectivity index (χ1n) is 6.34. The Morgan fingerprint density at radius 3 is 3.00 bits per heavy atom. The average Bonchev–Trinajstić information content (AvgIpc) is 3.09. The van der Waals surface area contributed by atoms with Gasteiger partial charge in [-0.2, -0.15) is 5.10 Å². The highest BCUT2D eigenvalue weighted by Gasteiger charge is 2.16. The van der Waals surface area contributed by atoms with Gasteiger partial charge in [0.05, 0.1) is 17.9 Å². The molecular weight excluding hydrogens is 254 g/mol. The van der Waals surface area contributed by atoms with Crippen LogP contribution in [-0.2, 0) is 11.2 Å². The Balaban J connectivity index is 1.72. The van der Waals surface area contributed by atoms with Crippen LogP contribution in [0.3, 0.4) is 0 Å². The van der Waals surface area contributed by atoms with Crippen LogP contribution in [0.15, 0.2) is 42.9 Å². The van der Waals surface area contributed by atoms with Crippen molar-refractivity contribution in [3.63, 3.8) is 0 Å². The molecular formula is C14H15N5O. The van der Waals surface area contributed by atoms with Crippen molar-refractivity contribution in [1.82, 2.24) is 15.2 Å². The number of H-pyrrole nitrogens is 2. The lowest BCUT2D eigenvalue weighted by atomic mass is 10.1. The van der Waals surface area contributed by atoms with E-state index in [1.807, 2.05) is 30.5 Å². The third kappa shape index (κ3) is 2.41. The summed E-state index contributed by atoms with van der Waals surface area (Å²) in [5.74, 6) is -0.225. The molecule has 0 radical (unpaired) electrons. The molecule has 2 aromatic heterocycles. The number of nitrogens with zero attached hydrogens (tertiary/aromatic N) is 1. The molecule has 0 aliphatic heterocycles. The number of nitrogens with one attached hydrogen (secondary N) is 3. The third-order valence-electron chi connectivity index (χ3n) is 3.22. The van der Waals surface area contributed by atoms with E-state index in [9.17, 15) is 4.79 Å². The second-order valence-corrected chi connectivity index (χ2v) is 4.65. The van der Waals surface area contributed by atoms with Crippen molar-refractivity contribution in [3.05, 3.63) is 48.4 Å². The SMILES string of the molecule is NC(Cc1c[nH]c2ccccc12)C(=O)Nc1cn[nH]c1. The number of nitrogens with two attached hydrogens (primary N) is 1. The van der Waals surface area contributed by atoms with E-state index in [1.165, 1.54) is 6.20 Å². The van der Waals surface area contributed by atoms with E-state index in [0.717, 1.165) is 16.5 Å². The molecule has 0 fully saturated rings. The van der Waals surface area contributed by atoms with Crippen molar-refractivity contribution in [1.29, 1.82) is 0 Å². The molecule has 0 saturated carbocycles. The van der Waals surface area contributed by atoms with Gasteiger partial charge in [0.1, 0.15) is 0 Å². The molecule has 6 nitrogen and oxygen atoms in total. The largest absolute Gasteiger partial charge is 0.361 e. The molecule has 0 aliphatic carbocycles. The minimum atomic E-state index is -0.607. The van der Waals surface area contributed by atoms with Gasteiger partial charge in [-0.05, 0) is 18.1 Å². The van der Waals surface area contributed by atoms with Crippen molar-refractivity contribution in [2.45, 2.75) is 12.5 Å². The van der Waals surface area contributed by atoms with Crippen molar-refractivity contribution in [2.24, 2.45) is 5.73 Å². The van der Waals surface area contributed by atoms with Gasteiger partial charge >= 0.3 is 0 Å². The molecule has 20 heavy (non-hydrogen) atoms. The highest BCUT2D eigenvalue weighted by molar-refractivity contribution is 5.95. The van der Waals surface area contributed by atoms with E-state index in [1.54, 1.807) is 6.20 Å². The fourth-order valence-electron chi connectivity index (χ4n) is 2.18. The summed E-state index contributed by atoms with van der Waals surface area (Å²) in [5, 5.41) is 10.2. The van der Waals surface area contributed by atoms with Crippen LogP contribution in [0.1, 0.15) is 5.56 Å². The number of hydrogen-bond acceptors (Lipinski definition) is 3. The lowest BCUT2D eigenvalue weighted by Gasteiger charge is -2.10. The van der Waals surface area contributed by atoms with Gasteiger partial charge in [0.15, 0.2) is 0 Å². The molecule has 6 heteroatoms. The van der Waals surface area contributed by atoms with Crippen molar-refractivity contribution in [2.75, 3.05) is 5.32 Å². The highest BCUT2D eigenvalue weighted by Crippen LogP contribution is 2.19. The molecule has 1 amide bonds. The number of carbonyl (C=O) groups excluding carboxylic acids is 1. The van der Waals surface area contributed by atoms with E-state index in [4.69, 9.17) is 5.73 Å². The Bertz CT molecular complexity index is 716. The highest BCUT2D eigenvalue weighted by atomic mass is 16.2. The van der Waals surface area contributed by atoms with Crippen LogP contribution in [0.25, 0.3) is 10.9 Å². The summed E-state index contributed by atoms with van der Waals surface area (Å²) in [5.41, 5.74) is 8.66. The second-order valence-electron chi connectivity index (χ2n) is 4.65. The quantitative estimate of drug-likeness (QED) is 0.576. The average molecular weight is 269 g/mol.